The van der Waals surface area contributed by atoms with Gasteiger partial charge in [0.25, 0.3) is 0 Å². The first-order valence-electron chi connectivity index (χ1n) is 18.4. The minimum absolute atomic E-state index is 0.0927. The molecular weight excluding hydrogens is 719 g/mol. The van der Waals surface area contributed by atoms with E-state index < -0.39 is 21.5 Å². The van der Waals surface area contributed by atoms with Crippen LogP contribution in [0.25, 0.3) is 34.4 Å². The summed E-state index contributed by atoms with van der Waals surface area (Å²) in [5, 5.41) is 0. The van der Waals surface area contributed by atoms with Crippen LogP contribution in [0.4, 0.5) is 0 Å². The number of hydrogen-bond donors (Lipinski definition) is 0. The van der Waals surface area contributed by atoms with Crippen LogP contribution in [0.1, 0.15) is 95.0 Å². The number of halogens is 2. The fourth-order valence-electron chi connectivity index (χ4n) is 8.89. The Morgan fingerprint density at radius 3 is 1.29 bits per heavy atom. The van der Waals surface area contributed by atoms with Gasteiger partial charge in [-0.15, -0.1) is 0 Å². The maximum atomic E-state index is 8.86. The molecule has 48 heavy (non-hydrogen) atoms. The Labute approximate surface area is 299 Å². The van der Waals surface area contributed by atoms with Gasteiger partial charge in [-0.2, -0.15) is 0 Å². The van der Waals surface area contributed by atoms with E-state index in [-0.39, 0.29) is 7.25 Å². The summed E-state index contributed by atoms with van der Waals surface area (Å²) in [6.45, 7) is 18.9. The van der Waals surface area contributed by atoms with Crippen LogP contribution >= 0.6 is 17.0 Å². The van der Waals surface area contributed by atoms with Crippen molar-refractivity contribution in [2.75, 3.05) is 0 Å². The van der Waals surface area contributed by atoms with E-state index >= 15 is 0 Å². The molecule has 0 spiro atoms. The summed E-state index contributed by atoms with van der Waals surface area (Å²) in [7, 11) is 17.7. The molecule has 0 saturated heterocycles. The van der Waals surface area contributed by atoms with Gasteiger partial charge >= 0.3 is 302 Å². The third-order valence-corrected chi connectivity index (χ3v) is 63.8. The van der Waals surface area contributed by atoms with Crippen molar-refractivity contribution in [2.45, 2.75) is 87.6 Å². The van der Waals surface area contributed by atoms with Crippen LogP contribution in [-0.2, 0) is 28.4 Å². The average molecular weight is 772 g/mol. The van der Waals surface area contributed by atoms with Gasteiger partial charge in [0, 0.05) is 0 Å². The van der Waals surface area contributed by atoms with Crippen LogP contribution in [0.2, 0.25) is 13.1 Å². The standard InChI is InChI=1S/2C21H23.C2H7Si.2ClH.Zr/c2*1-4-15(3)18-13-17-10-8-12-20(21(17)14-18)19-11-7-6-9-16(19)5-2;1-3-2;;;/h2*6-15H,4-5H2,1-3H3;3H,1-2H3;2*1H;/q;;;;;+2/p-2. The van der Waals surface area contributed by atoms with Gasteiger partial charge in [0.1, 0.15) is 0 Å². The summed E-state index contributed by atoms with van der Waals surface area (Å²) in [5.41, 5.74) is 16.5. The zero-order chi connectivity index (χ0) is 34.4. The zero-order valence-electron chi connectivity index (χ0n) is 30.2. The normalized spacial score (nSPS) is 19.3. The molecule has 0 aliphatic heterocycles. The Morgan fingerprint density at radius 1 is 0.562 bits per heavy atom. The maximum absolute atomic E-state index is 8.86. The van der Waals surface area contributed by atoms with Crippen LogP contribution in [0.15, 0.2) is 96.1 Å². The van der Waals surface area contributed by atoms with Crippen molar-refractivity contribution in [3.05, 3.63) is 129 Å². The molecule has 0 saturated carbocycles. The molecule has 4 aromatic carbocycles. The molecule has 0 bridgehead atoms. The number of benzene rings is 4. The van der Waals surface area contributed by atoms with Gasteiger partial charge in [0.15, 0.2) is 0 Å². The van der Waals surface area contributed by atoms with E-state index in [1.807, 2.05) is 0 Å². The Balaban J connectivity index is 1.65. The summed E-state index contributed by atoms with van der Waals surface area (Å²) in [4.78, 5) is 0. The van der Waals surface area contributed by atoms with E-state index in [1.165, 1.54) is 66.8 Å². The molecule has 4 unspecified atom stereocenters. The Morgan fingerprint density at radius 2 is 0.938 bits per heavy atom. The van der Waals surface area contributed by atoms with Crippen molar-refractivity contribution in [3.8, 4) is 22.3 Å². The molecule has 251 valence electrons. The summed E-state index contributed by atoms with van der Waals surface area (Å²) in [6.07, 6.45) is 9.24. The van der Waals surface area contributed by atoms with Crippen molar-refractivity contribution in [1.29, 1.82) is 0 Å². The van der Waals surface area contributed by atoms with Crippen LogP contribution in [-0.4, -0.2) is 5.92 Å². The number of allylic oxidation sites excluding steroid dienone is 2. The average Bonchev–Trinajstić information content (AvgIpc) is 3.72. The van der Waals surface area contributed by atoms with Crippen LogP contribution in [0, 0.1) is 11.8 Å². The third-order valence-electron chi connectivity index (χ3n) is 12.1. The predicted octanol–water partition coefficient (Wildman–Crippen LogP) is 13.8. The molecule has 0 aromatic heterocycles. The van der Waals surface area contributed by atoms with Crippen molar-refractivity contribution in [1.82, 2.24) is 0 Å². The summed E-state index contributed by atoms with van der Waals surface area (Å²) in [5.74, 6) is -0.878. The van der Waals surface area contributed by atoms with E-state index in [0.29, 0.717) is 11.8 Å². The van der Waals surface area contributed by atoms with Gasteiger partial charge in [-0.3, -0.25) is 0 Å². The van der Waals surface area contributed by atoms with E-state index in [2.05, 4.69) is 152 Å². The molecule has 0 amide bonds. The first kappa shape index (κ1) is 35.9. The second-order valence-electron chi connectivity index (χ2n) is 14.8. The Kier molecular flexibility index (Phi) is 10.4. The van der Waals surface area contributed by atoms with Crippen LogP contribution in [0.3, 0.4) is 0 Å². The van der Waals surface area contributed by atoms with Crippen LogP contribution < -0.4 is 0 Å². The number of rotatable bonds is 11. The fraction of sp³-hybridized carbons (Fsp3) is 0.364. The second kappa shape index (κ2) is 14.0. The number of aryl methyl sites for hydroxylation is 2. The summed E-state index contributed by atoms with van der Waals surface area (Å²) >= 11 is -4.93. The monoisotopic (exact) mass is 769 g/mol. The second-order valence-corrected chi connectivity index (χ2v) is 57.3. The van der Waals surface area contributed by atoms with Crippen molar-refractivity contribution in [2.24, 2.45) is 11.8 Å². The molecule has 0 N–H and O–H groups in total. The molecule has 0 nitrogen and oxygen atoms in total. The summed E-state index contributed by atoms with van der Waals surface area (Å²) < 4.78 is 0.185. The molecule has 4 atom stereocenters. The molecule has 4 heteroatoms. The van der Waals surface area contributed by atoms with Gasteiger partial charge in [-0.25, -0.2) is 0 Å². The van der Waals surface area contributed by atoms with E-state index in [1.54, 1.807) is 0 Å². The molecule has 0 radical (unpaired) electrons. The summed E-state index contributed by atoms with van der Waals surface area (Å²) in [6, 6.07) is 31.8. The van der Waals surface area contributed by atoms with Crippen LogP contribution in [0.5, 0.6) is 0 Å². The molecular formula is C44H53Cl2SiZr. The molecule has 0 fully saturated rings. The fourth-order valence-corrected chi connectivity index (χ4v) is 40.1. The zero-order valence-corrected chi connectivity index (χ0v) is 35.3. The van der Waals surface area contributed by atoms with Crippen molar-refractivity contribution in [3.63, 3.8) is 0 Å². The van der Waals surface area contributed by atoms with E-state index in [0.717, 1.165) is 25.7 Å². The number of fused-ring (bicyclic) bond motifs is 2. The minimum atomic E-state index is -4.93. The topological polar surface area (TPSA) is 0 Å². The van der Waals surface area contributed by atoms with Gasteiger partial charge in [-0.05, 0) is 0 Å². The molecule has 2 aliphatic carbocycles. The number of hydrogen-bond acceptors (Lipinski definition) is 0. The van der Waals surface area contributed by atoms with Gasteiger partial charge in [-0.1, -0.05) is 0 Å². The Hall–Kier alpha value is -1.96. The molecule has 0 heterocycles. The van der Waals surface area contributed by atoms with Gasteiger partial charge in [0.2, 0.25) is 0 Å². The first-order chi connectivity index (χ1) is 23.0. The van der Waals surface area contributed by atoms with Crippen molar-refractivity contribution < 1.29 is 15.6 Å². The molecule has 6 rings (SSSR count). The van der Waals surface area contributed by atoms with Crippen molar-refractivity contribution >= 4 is 35.1 Å². The van der Waals surface area contributed by atoms with Gasteiger partial charge in [0.05, 0.1) is 0 Å². The van der Waals surface area contributed by atoms with Gasteiger partial charge < -0.3 is 0 Å². The first-order valence-corrected chi connectivity index (χ1v) is 34.7. The SMILES string of the molecule is CCc1ccccc1-c1cccc2c1C=C(C(C)CC)[CH]2[Zr]([Cl])([Cl])([CH]1C(C(C)CC)=Cc2c(-c3ccccc3CC)cccc21)[SiH](C)C. The molecule has 2 aliphatic rings. The third kappa shape index (κ3) is 5.66. The van der Waals surface area contributed by atoms with E-state index in [4.69, 9.17) is 17.0 Å². The quantitative estimate of drug-likeness (QED) is 0.133. The molecule has 4 aromatic rings. The van der Waals surface area contributed by atoms with E-state index in [9.17, 15) is 0 Å². The predicted molar refractivity (Wildman–Crippen MR) is 213 cm³/mol. The Bertz CT molecular complexity index is 1770.